The van der Waals surface area contributed by atoms with Crippen LogP contribution in [0.5, 0.6) is 0 Å². The van der Waals surface area contributed by atoms with Crippen LogP contribution in [-0.4, -0.2) is 10.8 Å². The van der Waals surface area contributed by atoms with Gasteiger partial charge in [-0.3, -0.25) is 9.78 Å². The molecule has 98 valence electrons. The second-order valence-corrected chi connectivity index (χ2v) is 4.54. The van der Waals surface area contributed by atoms with E-state index in [0.29, 0.717) is 16.1 Å². The summed E-state index contributed by atoms with van der Waals surface area (Å²) in [5.74, 6) is -1.55. The van der Waals surface area contributed by atoms with Crippen molar-refractivity contribution in [2.45, 2.75) is 12.8 Å². The maximum Gasteiger partial charge on any atom is 0.141 e. The summed E-state index contributed by atoms with van der Waals surface area (Å²) in [4.78, 5) is 15.6. The van der Waals surface area contributed by atoms with Crippen LogP contribution in [0, 0.1) is 11.6 Å². The molecule has 0 amide bonds. The van der Waals surface area contributed by atoms with Gasteiger partial charge in [0.2, 0.25) is 0 Å². The molecule has 1 aromatic heterocycles. The van der Waals surface area contributed by atoms with Crippen molar-refractivity contribution in [3.63, 3.8) is 0 Å². The molecule has 0 aliphatic heterocycles. The molecule has 2 rings (SSSR count). The first kappa shape index (κ1) is 13.6. The number of pyridine rings is 1. The number of ketones is 1. The Bertz CT molecular complexity index is 596. The van der Waals surface area contributed by atoms with Crippen LogP contribution in [-0.2, 0) is 17.6 Å². The summed E-state index contributed by atoms with van der Waals surface area (Å²) >= 11 is 5.89. The molecule has 0 bridgehead atoms. The molecule has 0 N–H and O–H groups in total. The number of rotatable bonds is 4. The van der Waals surface area contributed by atoms with E-state index < -0.39 is 11.6 Å². The topological polar surface area (TPSA) is 30.0 Å². The average molecular weight is 282 g/mol. The molecule has 0 unspecified atom stereocenters. The van der Waals surface area contributed by atoms with Crippen molar-refractivity contribution in [3.05, 3.63) is 64.4 Å². The number of aromatic nitrogens is 1. The van der Waals surface area contributed by atoms with Gasteiger partial charge in [-0.05, 0) is 29.3 Å². The van der Waals surface area contributed by atoms with Gasteiger partial charge >= 0.3 is 0 Å². The van der Waals surface area contributed by atoms with Crippen molar-refractivity contribution in [1.29, 1.82) is 0 Å². The van der Waals surface area contributed by atoms with E-state index in [0.717, 1.165) is 18.2 Å². The van der Waals surface area contributed by atoms with Crippen molar-refractivity contribution >= 4 is 17.4 Å². The summed E-state index contributed by atoms with van der Waals surface area (Å²) in [6, 6.07) is 4.71. The molecule has 19 heavy (non-hydrogen) atoms. The molecule has 2 nitrogen and oxygen atoms in total. The smallest absolute Gasteiger partial charge is 0.141 e. The number of carbonyl (C=O) groups is 1. The van der Waals surface area contributed by atoms with Crippen molar-refractivity contribution in [1.82, 2.24) is 4.98 Å². The van der Waals surface area contributed by atoms with Crippen LogP contribution in [0.1, 0.15) is 11.1 Å². The highest BCUT2D eigenvalue weighted by atomic mass is 35.5. The van der Waals surface area contributed by atoms with Crippen LogP contribution in [0.3, 0.4) is 0 Å². The van der Waals surface area contributed by atoms with Gasteiger partial charge in [0.25, 0.3) is 0 Å². The first-order valence-electron chi connectivity index (χ1n) is 5.59. The number of carbonyl (C=O) groups excluding carboxylic acids is 1. The van der Waals surface area contributed by atoms with Crippen molar-refractivity contribution in [2.75, 3.05) is 0 Å². The number of nitrogens with zero attached hydrogens (tertiary/aromatic N) is 1. The van der Waals surface area contributed by atoms with Gasteiger partial charge in [-0.1, -0.05) is 11.6 Å². The quantitative estimate of drug-likeness (QED) is 0.860. The SMILES string of the molecule is O=C(Cc1cc(F)cc(F)c1)Cc1ccncc1Cl. The van der Waals surface area contributed by atoms with E-state index in [2.05, 4.69) is 4.98 Å². The minimum Gasteiger partial charge on any atom is -0.299 e. The van der Waals surface area contributed by atoms with E-state index >= 15 is 0 Å². The molecule has 0 saturated heterocycles. The Morgan fingerprint density at radius 2 is 1.84 bits per heavy atom. The number of Topliss-reactive ketones (excluding diaryl/α,β-unsaturated/α-hetero) is 1. The Balaban J connectivity index is 2.07. The van der Waals surface area contributed by atoms with E-state index in [1.54, 1.807) is 6.07 Å². The van der Waals surface area contributed by atoms with E-state index in [4.69, 9.17) is 11.6 Å². The molecule has 2 aromatic rings. The predicted molar refractivity (Wildman–Crippen MR) is 68.0 cm³/mol. The van der Waals surface area contributed by atoms with Gasteiger partial charge in [-0.25, -0.2) is 8.78 Å². The molecule has 0 saturated carbocycles. The minimum atomic E-state index is -0.690. The van der Waals surface area contributed by atoms with Crippen LogP contribution < -0.4 is 0 Å². The summed E-state index contributed by atoms with van der Waals surface area (Å²) in [6.07, 6.45) is 3.06. The monoisotopic (exact) mass is 281 g/mol. The standard InChI is InChI=1S/C14H10ClF2NO/c15-14-8-18-2-1-10(14)6-13(19)5-9-3-11(16)7-12(17)4-9/h1-4,7-8H,5-6H2. The van der Waals surface area contributed by atoms with Crippen LogP contribution in [0.4, 0.5) is 8.78 Å². The van der Waals surface area contributed by atoms with Gasteiger partial charge in [-0.15, -0.1) is 0 Å². The highest BCUT2D eigenvalue weighted by Gasteiger charge is 2.09. The normalized spacial score (nSPS) is 10.5. The molecular weight excluding hydrogens is 272 g/mol. The summed E-state index contributed by atoms with van der Waals surface area (Å²) in [6.45, 7) is 0. The third kappa shape index (κ3) is 3.83. The Labute approximate surface area is 114 Å². The lowest BCUT2D eigenvalue weighted by Crippen LogP contribution is -2.07. The van der Waals surface area contributed by atoms with Crippen LogP contribution in [0.25, 0.3) is 0 Å². The summed E-state index contributed by atoms with van der Waals surface area (Å²) in [5, 5.41) is 0.404. The average Bonchev–Trinajstić information content (AvgIpc) is 2.30. The first-order valence-corrected chi connectivity index (χ1v) is 5.97. The summed E-state index contributed by atoms with van der Waals surface area (Å²) in [5.41, 5.74) is 0.964. The number of hydrogen-bond acceptors (Lipinski definition) is 2. The van der Waals surface area contributed by atoms with Crippen LogP contribution >= 0.6 is 11.6 Å². The fourth-order valence-corrected chi connectivity index (χ4v) is 1.95. The van der Waals surface area contributed by atoms with E-state index in [1.165, 1.54) is 12.4 Å². The maximum absolute atomic E-state index is 13.0. The van der Waals surface area contributed by atoms with E-state index in [9.17, 15) is 13.6 Å². The van der Waals surface area contributed by atoms with E-state index in [-0.39, 0.29) is 18.6 Å². The zero-order valence-electron chi connectivity index (χ0n) is 9.87. The van der Waals surface area contributed by atoms with Crippen molar-refractivity contribution in [2.24, 2.45) is 0 Å². The molecule has 1 heterocycles. The van der Waals surface area contributed by atoms with Crippen molar-refractivity contribution in [3.8, 4) is 0 Å². The first-order chi connectivity index (χ1) is 9.04. The van der Waals surface area contributed by atoms with Gasteiger partial charge in [0.1, 0.15) is 17.4 Å². The molecule has 0 aliphatic rings. The molecule has 0 fully saturated rings. The minimum absolute atomic E-state index is 0.0344. The fraction of sp³-hybridized carbons (Fsp3) is 0.143. The third-order valence-electron chi connectivity index (χ3n) is 2.57. The third-order valence-corrected chi connectivity index (χ3v) is 2.91. The molecule has 0 atom stereocenters. The zero-order chi connectivity index (χ0) is 13.8. The lowest BCUT2D eigenvalue weighted by molar-refractivity contribution is -0.117. The Morgan fingerprint density at radius 1 is 1.16 bits per heavy atom. The van der Waals surface area contributed by atoms with Gasteiger partial charge in [0.05, 0.1) is 5.02 Å². The summed E-state index contributed by atoms with van der Waals surface area (Å²) in [7, 11) is 0. The zero-order valence-corrected chi connectivity index (χ0v) is 10.6. The van der Waals surface area contributed by atoms with Crippen LogP contribution in [0.2, 0.25) is 5.02 Å². The Hall–Kier alpha value is -1.81. The van der Waals surface area contributed by atoms with Gasteiger partial charge in [0, 0.05) is 31.3 Å². The maximum atomic E-state index is 13.0. The number of halogens is 3. The Kier molecular flexibility index (Phi) is 4.22. The summed E-state index contributed by atoms with van der Waals surface area (Å²) < 4.78 is 26.0. The highest BCUT2D eigenvalue weighted by molar-refractivity contribution is 6.31. The molecule has 0 spiro atoms. The Morgan fingerprint density at radius 3 is 2.47 bits per heavy atom. The van der Waals surface area contributed by atoms with Crippen molar-refractivity contribution < 1.29 is 13.6 Å². The highest BCUT2D eigenvalue weighted by Crippen LogP contribution is 2.16. The lowest BCUT2D eigenvalue weighted by atomic mass is 10.0. The second-order valence-electron chi connectivity index (χ2n) is 4.14. The van der Waals surface area contributed by atoms with Gasteiger partial charge in [0.15, 0.2) is 0 Å². The fourth-order valence-electron chi connectivity index (χ4n) is 1.76. The predicted octanol–water partition coefficient (Wildman–Crippen LogP) is 3.37. The van der Waals surface area contributed by atoms with E-state index in [1.807, 2.05) is 0 Å². The lowest BCUT2D eigenvalue weighted by Gasteiger charge is -2.04. The molecule has 1 aromatic carbocycles. The van der Waals surface area contributed by atoms with Crippen LogP contribution in [0.15, 0.2) is 36.7 Å². The number of benzene rings is 1. The molecular formula is C14H10ClF2NO. The molecule has 0 aliphatic carbocycles. The second kappa shape index (κ2) is 5.89. The van der Waals surface area contributed by atoms with Gasteiger partial charge in [-0.2, -0.15) is 0 Å². The molecule has 0 radical (unpaired) electrons. The molecule has 5 heteroatoms. The van der Waals surface area contributed by atoms with Gasteiger partial charge < -0.3 is 0 Å². The number of hydrogen-bond donors (Lipinski definition) is 0. The largest absolute Gasteiger partial charge is 0.299 e.